The second kappa shape index (κ2) is 9.76. The Kier molecular flexibility index (Phi) is 6.80. The van der Waals surface area contributed by atoms with Gasteiger partial charge in [-0.25, -0.2) is 8.42 Å². The highest BCUT2D eigenvalue weighted by Crippen LogP contribution is 2.31. The van der Waals surface area contributed by atoms with Gasteiger partial charge in [0.1, 0.15) is 0 Å². The summed E-state index contributed by atoms with van der Waals surface area (Å²) in [6.45, 7) is 3.91. The number of sulfonamides is 1. The van der Waals surface area contributed by atoms with Crippen LogP contribution in [0.15, 0.2) is 59.5 Å². The van der Waals surface area contributed by atoms with Crippen molar-refractivity contribution >= 4 is 15.8 Å². The zero-order valence-corrected chi connectivity index (χ0v) is 19.9. The van der Waals surface area contributed by atoms with Crippen LogP contribution in [-0.4, -0.2) is 63.3 Å². The van der Waals surface area contributed by atoms with E-state index < -0.39 is 10.0 Å². The molecule has 0 unspecified atom stereocenters. The normalized spacial score (nSPS) is 14.8. The van der Waals surface area contributed by atoms with E-state index >= 15 is 0 Å². The molecule has 2 aromatic carbocycles. The van der Waals surface area contributed by atoms with E-state index in [9.17, 15) is 8.42 Å². The van der Waals surface area contributed by atoms with Gasteiger partial charge >= 0.3 is 0 Å². The number of hydrogen-bond acceptors (Lipinski definition) is 7. The highest BCUT2D eigenvalue weighted by atomic mass is 32.2. The smallest absolute Gasteiger partial charge is 0.243 e. The maximum Gasteiger partial charge on any atom is 0.243 e. The summed E-state index contributed by atoms with van der Waals surface area (Å²) in [4.78, 5) is 2.24. The van der Waals surface area contributed by atoms with Gasteiger partial charge in [-0.15, -0.1) is 10.2 Å². The van der Waals surface area contributed by atoms with Crippen LogP contribution in [-0.2, 0) is 16.4 Å². The highest BCUT2D eigenvalue weighted by molar-refractivity contribution is 7.89. The quantitative estimate of drug-likeness (QED) is 0.526. The molecule has 2 heterocycles. The molecule has 0 atom stereocenters. The Labute approximate surface area is 194 Å². The lowest BCUT2D eigenvalue weighted by molar-refractivity contribution is 0.353. The van der Waals surface area contributed by atoms with Crippen LogP contribution in [0.4, 0.5) is 5.82 Å². The third-order valence-electron chi connectivity index (χ3n) is 5.86. The first-order valence-corrected chi connectivity index (χ1v) is 12.3. The van der Waals surface area contributed by atoms with Crippen molar-refractivity contribution < 1.29 is 17.9 Å². The number of rotatable bonds is 7. The number of methoxy groups -OCH3 is 2. The molecule has 0 saturated carbocycles. The molecule has 1 aliphatic rings. The van der Waals surface area contributed by atoms with E-state index in [1.54, 1.807) is 12.1 Å². The molecular formula is C24H28N4O4S. The fourth-order valence-corrected chi connectivity index (χ4v) is 5.28. The number of hydrogen-bond donors (Lipinski definition) is 0. The second-order valence-corrected chi connectivity index (χ2v) is 9.67. The molecule has 1 saturated heterocycles. The number of nitrogens with zero attached hydrogens (tertiary/aromatic N) is 4. The van der Waals surface area contributed by atoms with Crippen molar-refractivity contribution in [1.82, 2.24) is 14.5 Å². The first kappa shape index (κ1) is 23.0. The number of anilines is 1. The molecular weight excluding hydrogens is 440 g/mol. The number of aryl methyl sites for hydroxylation is 1. The van der Waals surface area contributed by atoms with E-state index in [-0.39, 0.29) is 4.90 Å². The highest BCUT2D eigenvalue weighted by Gasteiger charge is 2.29. The largest absolute Gasteiger partial charge is 0.493 e. The molecule has 0 N–H and O–H groups in total. The summed E-state index contributed by atoms with van der Waals surface area (Å²) >= 11 is 0. The third-order valence-corrected chi connectivity index (χ3v) is 7.76. The van der Waals surface area contributed by atoms with Gasteiger partial charge in [-0.2, -0.15) is 4.31 Å². The Bertz CT molecular complexity index is 1190. The van der Waals surface area contributed by atoms with E-state index in [0.717, 1.165) is 23.5 Å². The first-order chi connectivity index (χ1) is 16.0. The molecule has 0 amide bonds. The van der Waals surface area contributed by atoms with Crippen molar-refractivity contribution in [1.29, 1.82) is 0 Å². The molecule has 0 bridgehead atoms. The molecule has 8 nitrogen and oxygen atoms in total. The van der Waals surface area contributed by atoms with Crippen LogP contribution < -0.4 is 14.4 Å². The number of piperazine rings is 1. The average molecular weight is 469 g/mol. The second-order valence-electron chi connectivity index (χ2n) is 7.74. The molecule has 0 radical (unpaired) electrons. The van der Waals surface area contributed by atoms with Gasteiger partial charge in [0.2, 0.25) is 10.0 Å². The van der Waals surface area contributed by atoms with Crippen LogP contribution in [0.3, 0.4) is 0 Å². The average Bonchev–Trinajstić information content (AvgIpc) is 2.88. The van der Waals surface area contributed by atoms with Gasteiger partial charge in [0.25, 0.3) is 0 Å². The van der Waals surface area contributed by atoms with Crippen molar-refractivity contribution in [2.45, 2.75) is 18.2 Å². The van der Waals surface area contributed by atoms with E-state index in [4.69, 9.17) is 9.47 Å². The zero-order chi connectivity index (χ0) is 23.4. The maximum atomic E-state index is 13.1. The predicted octanol–water partition coefficient (Wildman–Crippen LogP) is 3.23. The molecule has 0 spiro atoms. The summed E-state index contributed by atoms with van der Waals surface area (Å²) in [6.07, 6.45) is 0.999. The van der Waals surface area contributed by atoms with Gasteiger partial charge in [-0.3, -0.25) is 0 Å². The summed E-state index contributed by atoms with van der Waals surface area (Å²) in [5, 5.41) is 8.77. The summed E-state index contributed by atoms with van der Waals surface area (Å²) in [5.41, 5.74) is 3.12. The lowest BCUT2D eigenvalue weighted by Gasteiger charge is -2.34. The molecule has 33 heavy (non-hydrogen) atoms. The summed E-state index contributed by atoms with van der Waals surface area (Å²) in [5.74, 6) is 1.62. The van der Waals surface area contributed by atoms with E-state index in [1.165, 1.54) is 30.2 Å². The van der Waals surface area contributed by atoms with Gasteiger partial charge in [-0.1, -0.05) is 31.2 Å². The molecule has 4 rings (SSSR count). The van der Waals surface area contributed by atoms with Crippen molar-refractivity contribution in [3.63, 3.8) is 0 Å². The topological polar surface area (TPSA) is 84.9 Å². The lowest BCUT2D eigenvalue weighted by Crippen LogP contribution is -2.49. The van der Waals surface area contributed by atoms with Crippen LogP contribution in [0.25, 0.3) is 11.3 Å². The Balaban J connectivity index is 1.43. The van der Waals surface area contributed by atoms with Crippen molar-refractivity contribution in [2.24, 2.45) is 0 Å². The van der Waals surface area contributed by atoms with Crippen molar-refractivity contribution in [2.75, 3.05) is 45.3 Å². The monoisotopic (exact) mass is 468 g/mol. The third kappa shape index (κ3) is 4.79. The van der Waals surface area contributed by atoms with Gasteiger partial charge in [0, 0.05) is 37.8 Å². The summed E-state index contributed by atoms with van der Waals surface area (Å²) in [6, 6.07) is 16.9. The molecule has 3 aromatic rings. The fourth-order valence-electron chi connectivity index (χ4n) is 3.84. The van der Waals surface area contributed by atoms with Crippen LogP contribution in [0.2, 0.25) is 0 Å². The predicted molar refractivity (Wildman–Crippen MR) is 127 cm³/mol. The van der Waals surface area contributed by atoms with E-state index in [0.29, 0.717) is 37.7 Å². The summed E-state index contributed by atoms with van der Waals surface area (Å²) in [7, 11) is -0.636. The minimum Gasteiger partial charge on any atom is -0.493 e. The van der Waals surface area contributed by atoms with Crippen LogP contribution >= 0.6 is 0 Å². The molecule has 1 fully saturated rings. The SMILES string of the molecule is CCc1ccc(-c2ccc(N3CCN(S(=O)(=O)c4ccc(OC)c(OC)c4)CC3)nn2)cc1. The van der Waals surface area contributed by atoms with Crippen LogP contribution in [0.1, 0.15) is 12.5 Å². The summed E-state index contributed by atoms with van der Waals surface area (Å²) < 4.78 is 38.2. The van der Waals surface area contributed by atoms with E-state index in [2.05, 4.69) is 46.3 Å². The first-order valence-electron chi connectivity index (χ1n) is 10.9. The number of aromatic nitrogens is 2. The molecule has 1 aliphatic heterocycles. The fraction of sp³-hybridized carbons (Fsp3) is 0.333. The van der Waals surface area contributed by atoms with Crippen LogP contribution in [0.5, 0.6) is 11.5 Å². The molecule has 9 heteroatoms. The molecule has 0 aliphatic carbocycles. The zero-order valence-electron chi connectivity index (χ0n) is 19.1. The Morgan fingerprint density at radius 1 is 0.848 bits per heavy atom. The Morgan fingerprint density at radius 2 is 1.55 bits per heavy atom. The van der Waals surface area contributed by atoms with Gasteiger partial charge < -0.3 is 14.4 Å². The van der Waals surface area contributed by atoms with Gasteiger partial charge in [0.15, 0.2) is 17.3 Å². The molecule has 1 aromatic heterocycles. The van der Waals surface area contributed by atoms with Gasteiger partial charge in [0.05, 0.1) is 24.8 Å². The van der Waals surface area contributed by atoms with Crippen molar-refractivity contribution in [3.8, 4) is 22.8 Å². The van der Waals surface area contributed by atoms with Gasteiger partial charge in [-0.05, 0) is 36.2 Å². The Morgan fingerprint density at radius 3 is 2.12 bits per heavy atom. The lowest BCUT2D eigenvalue weighted by atomic mass is 10.1. The number of benzene rings is 2. The minimum absolute atomic E-state index is 0.187. The van der Waals surface area contributed by atoms with Crippen LogP contribution in [0, 0.1) is 0 Å². The van der Waals surface area contributed by atoms with E-state index in [1.807, 2.05) is 12.1 Å². The standard InChI is InChI=1S/C24H28N4O4S/c1-4-18-5-7-19(8-6-18)21-10-12-24(26-25-21)27-13-15-28(16-14-27)33(29,30)20-9-11-22(31-2)23(17-20)32-3/h5-12,17H,4,13-16H2,1-3H3. The minimum atomic E-state index is -3.64. The maximum absolute atomic E-state index is 13.1. The molecule has 174 valence electrons. The van der Waals surface area contributed by atoms with Crippen molar-refractivity contribution in [3.05, 3.63) is 60.2 Å². The number of ether oxygens (including phenoxy) is 2. The Hall–Kier alpha value is -3.17.